The summed E-state index contributed by atoms with van der Waals surface area (Å²) >= 11 is 0. The number of unbranched alkanes of at least 4 members (excludes halogenated alkanes) is 4. The summed E-state index contributed by atoms with van der Waals surface area (Å²) in [5.41, 5.74) is 1.47. The van der Waals surface area contributed by atoms with Crippen LogP contribution in [-0.2, 0) is 6.42 Å². The lowest BCUT2D eigenvalue weighted by Crippen LogP contribution is -2.30. The standard InChI is InChI=1S/C20H35N/c1-3-5-8-16-20(17-9-6-4-2)21-18-12-15-19-13-10-7-11-14-19/h7,10-11,13-14,20-21H,3-6,8-9,12,15-18H2,1-2H3. The summed E-state index contributed by atoms with van der Waals surface area (Å²) in [4.78, 5) is 0. The maximum Gasteiger partial charge on any atom is 0.00670 e. The SMILES string of the molecule is CCCCCC(CCCCC)NCCCc1ccccc1. The first-order chi connectivity index (χ1) is 10.4. The van der Waals surface area contributed by atoms with Gasteiger partial charge in [0, 0.05) is 6.04 Å². The van der Waals surface area contributed by atoms with E-state index in [2.05, 4.69) is 49.5 Å². The molecule has 1 aromatic carbocycles. The molecule has 1 rings (SSSR count). The lowest BCUT2D eigenvalue weighted by atomic mass is 10.0. The van der Waals surface area contributed by atoms with Crippen molar-refractivity contribution < 1.29 is 0 Å². The van der Waals surface area contributed by atoms with Crippen molar-refractivity contribution >= 4 is 0 Å². The minimum atomic E-state index is 0.749. The van der Waals surface area contributed by atoms with E-state index in [1.165, 1.54) is 69.8 Å². The van der Waals surface area contributed by atoms with Crippen LogP contribution >= 0.6 is 0 Å². The van der Waals surface area contributed by atoms with E-state index >= 15 is 0 Å². The van der Waals surface area contributed by atoms with Crippen LogP contribution in [0.4, 0.5) is 0 Å². The van der Waals surface area contributed by atoms with E-state index in [0.29, 0.717) is 0 Å². The molecule has 0 saturated carbocycles. The van der Waals surface area contributed by atoms with Gasteiger partial charge in [-0.15, -0.1) is 0 Å². The Labute approximate surface area is 132 Å². The molecule has 0 fully saturated rings. The predicted octanol–water partition coefficient (Wildman–Crippen LogP) is 5.74. The normalized spacial score (nSPS) is 11.2. The van der Waals surface area contributed by atoms with Crippen molar-refractivity contribution in [2.45, 2.75) is 84.1 Å². The second-order valence-corrected chi connectivity index (χ2v) is 6.23. The highest BCUT2D eigenvalue weighted by Gasteiger charge is 2.07. The third kappa shape index (κ3) is 9.68. The molecule has 0 aliphatic carbocycles. The zero-order valence-corrected chi connectivity index (χ0v) is 14.2. The van der Waals surface area contributed by atoms with E-state index in [1.807, 2.05) is 0 Å². The van der Waals surface area contributed by atoms with Crippen molar-refractivity contribution in [2.24, 2.45) is 0 Å². The summed E-state index contributed by atoms with van der Waals surface area (Å²) in [6, 6.07) is 11.6. The molecule has 0 bridgehead atoms. The van der Waals surface area contributed by atoms with Crippen LogP contribution in [0.25, 0.3) is 0 Å². The number of nitrogens with one attached hydrogen (secondary N) is 1. The van der Waals surface area contributed by atoms with E-state index in [9.17, 15) is 0 Å². The lowest BCUT2D eigenvalue weighted by Gasteiger charge is -2.18. The summed E-state index contributed by atoms with van der Waals surface area (Å²) < 4.78 is 0. The van der Waals surface area contributed by atoms with Crippen LogP contribution in [0.15, 0.2) is 30.3 Å². The highest BCUT2D eigenvalue weighted by atomic mass is 14.9. The van der Waals surface area contributed by atoms with Gasteiger partial charge in [-0.05, 0) is 37.8 Å². The molecular formula is C20H35N. The van der Waals surface area contributed by atoms with Crippen molar-refractivity contribution in [3.8, 4) is 0 Å². The molecule has 1 N–H and O–H groups in total. The maximum atomic E-state index is 3.81. The second kappa shape index (κ2) is 12.9. The number of rotatable bonds is 13. The largest absolute Gasteiger partial charge is 0.314 e. The van der Waals surface area contributed by atoms with Crippen molar-refractivity contribution in [1.29, 1.82) is 0 Å². The van der Waals surface area contributed by atoms with Crippen LogP contribution in [0.3, 0.4) is 0 Å². The van der Waals surface area contributed by atoms with Crippen LogP contribution in [0.2, 0.25) is 0 Å². The maximum absolute atomic E-state index is 3.81. The first kappa shape index (κ1) is 18.2. The summed E-state index contributed by atoms with van der Waals surface area (Å²) in [6.45, 7) is 5.75. The zero-order chi connectivity index (χ0) is 15.2. The number of hydrogen-bond donors (Lipinski definition) is 1. The molecule has 120 valence electrons. The van der Waals surface area contributed by atoms with Crippen LogP contribution in [0, 0.1) is 0 Å². The number of hydrogen-bond acceptors (Lipinski definition) is 1. The first-order valence-corrected chi connectivity index (χ1v) is 9.14. The first-order valence-electron chi connectivity index (χ1n) is 9.14. The van der Waals surface area contributed by atoms with Gasteiger partial charge in [-0.2, -0.15) is 0 Å². The fourth-order valence-electron chi connectivity index (χ4n) is 2.87. The molecule has 0 aliphatic rings. The predicted molar refractivity (Wildman–Crippen MR) is 94.8 cm³/mol. The van der Waals surface area contributed by atoms with Gasteiger partial charge in [-0.3, -0.25) is 0 Å². The molecule has 21 heavy (non-hydrogen) atoms. The zero-order valence-electron chi connectivity index (χ0n) is 14.2. The van der Waals surface area contributed by atoms with E-state index in [1.54, 1.807) is 0 Å². The molecule has 0 heterocycles. The van der Waals surface area contributed by atoms with Crippen LogP contribution in [0.5, 0.6) is 0 Å². The van der Waals surface area contributed by atoms with E-state index in [0.717, 1.165) is 12.6 Å². The van der Waals surface area contributed by atoms with Crippen LogP contribution in [-0.4, -0.2) is 12.6 Å². The Morgan fingerprint density at radius 2 is 1.43 bits per heavy atom. The Balaban J connectivity index is 2.17. The third-order valence-corrected chi connectivity index (χ3v) is 4.23. The Bertz CT molecular complexity index is 310. The van der Waals surface area contributed by atoms with Gasteiger partial charge in [0.2, 0.25) is 0 Å². The number of aryl methyl sites for hydroxylation is 1. The minimum absolute atomic E-state index is 0.749. The fraction of sp³-hybridized carbons (Fsp3) is 0.700. The molecule has 0 spiro atoms. The highest BCUT2D eigenvalue weighted by Crippen LogP contribution is 2.11. The van der Waals surface area contributed by atoms with Crippen molar-refractivity contribution in [1.82, 2.24) is 5.32 Å². The smallest absolute Gasteiger partial charge is 0.00670 e. The van der Waals surface area contributed by atoms with Gasteiger partial charge in [0.1, 0.15) is 0 Å². The van der Waals surface area contributed by atoms with Gasteiger partial charge in [-0.1, -0.05) is 82.7 Å². The van der Waals surface area contributed by atoms with E-state index in [4.69, 9.17) is 0 Å². The molecule has 1 aromatic rings. The van der Waals surface area contributed by atoms with Crippen LogP contribution < -0.4 is 5.32 Å². The molecule has 1 nitrogen and oxygen atoms in total. The van der Waals surface area contributed by atoms with Gasteiger partial charge in [0.05, 0.1) is 0 Å². The summed E-state index contributed by atoms with van der Waals surface area (Å²) in [5, 5.41) is 3.81. The summed E-state index contributed by atoms with van der Waals surface area (Å²) in [7, 11) is 0. The van der Waals surface area contributed by atoms with Crippen molar-refractivity contribution in [3.63, 3.8) is 0 Å². The molecule has 0 unspecified atom stereocenters. The van der Waals surface area contributed by atoms with Crippen molar-refractivity contribution in [2.75, 3.05) is 6.54 Å². The minimum Gasteiger partial charge on any atom is -0.314 e. The van der Waals surface area contributed by atoms with Gasteiger partial charge in [-0.25, -0.2) is 0 Å². The third-order valence-electron chi connectivity index (χ3n) is 4.23. The Morgan fingerprint density at radius 1 is 0.810 bits per heavy atom. The fourth-order valence-corrected chi connectivity index (χ4v) is 2.87. The van der Waals surface area contributed by atoms with Gasteiger partial charge in [0.25, 0.3) is 0 Å². The lowest BCUT2D eigenvalue weighted by molar-refractivity contribution is 0.416. The van der Waals surface area contributed by atoms with Gasteiger partial charge < -0.3 is 5.32 Å². The average molecular weight is 290 g/mol. The molecule has 1 heteroatoms. The molecule has 0 atom stereocenters. The van der Waals surface area contributed by atoms with Gasteiger partial charge in [0.15, 0.2) is 0 Å². The van der Waals surface area contributed by atoms with Crippen LogP contribution in [0.1, 0.15) is 77.2 Å². The number of benzene rings is 1. The molecule has 0 aromatic heterocycles. The monoisotopic (exact) mass is 289 g/mol. The van der Waals surface area contributed by atoms with E-state index in [-0.39, 0.29) is 0 Å². The molecule has 0 saturated heterocycles. The van der Waals surface area contributed by atoms with E-state index < -0.39 is 0 Å². The van der Waals surface area contributed by atoms with Crippen molar-refractivity contribution in [3.05, 3.63) is 35.9 Å². The molecular weight excluding hydrogens is 254 g/mol. The second-order valence-electron chi connectivity index (χ2n) is 6.23. The molecule has 0 aliphatic heterocycles. The molecule has 0 amide bonds. The summed E-state index contributed by atoms with van der Waals surface area (Å²) in [5.74, 6) is 0. The summed E-state index contributed by atoms with van der Waals surface area (Å²) in [6.07, 6.45) is 13.4. The molecule has 0 radical (unpaired) electrons. The Kier molecular flexibility index (Phi) is 11.2. The van der Waals surface area contributed by atoms with Gasteiger partial charge >= 0.3 is 0 Å². The average Bonchev–Trinajstić information content (AvgIpc) is 2.52. The quantitative estimate of drug-likeness (QED) is 0.457. The Hall–Kier alpha value is -0.820. The Morgan fingerprint density at radius 3 is 2.00 bits per heavy atom. The highest BCUT2D eigenvalue weighted by molar-refractivity contribution is 5.14. The topological polar surface area (TPSA) is 12.0 Å².